The Hall–Kier alpha value is -6.94. The maximum atomic E-state index is 5.23. The first-order chi connectivity index (χ1) is 28.1. The van der Waals surface area contributed by atoms with Crippen LogP contribution < -0.4 is 0 Å². The van der Waals surface area contributed by atoms with Gasteiger partial charge >= 0.3 is 0 Å². The average molecular weight is 745 g/mol. The molecule has 0 fully saturated rings. The van der Waals surface area contributed by atoms with Crippen LogP contribution in [-0.2, 0) is 5.41 Å². The minimum Gasteiger partial charge on any atom is -0.228 e. The van der Waals surface area contributed by atoms with Crippen LogP contribution in [0.1, 0.15) is 23.6 Å². The average Bonchev–Trinajstić information content (AvgIpc) is 3.79. The molecule has 3 heteroatoms. The van der Waals surface area contributed by atoms with Crippen molar-refractivity contribution in [1.82, 2.24) is 9.97 Å². The second-order valence-corrected chi connectivity index (χ2v) is 16.1. The number of benzene rings is 8. The molecule has 0 saturated carbocycles. The molecule has 2 heterocycles. The summed E-state index contributed by atoms with van der Waals surface area (Å²) in [6.07, 6.45) is 0. The smallest absolute Gasteiger partial charge is 0.160 e. The van der Waals surface area contributed by atoms with Crippen molar-refractivity contribution in [2.45, 2.75) is 12.3 Å². The Balaban J connectivity index is 1.01. The molecule has 0 radical (unpaired) electrons. The van der Waals surface area contributed by atoms with Crippen LogP contribution in [0.25, 0.3) is 87.5 Å². The molecule has 1 aliphatic rings. The molecule has 8 aromatic carbocycles. The lowest BCUT2D eigenvalue weighted by molar-refractivity contribution is 0.714. The van der Waals surface area contributed by atoms with Crippen molar-refractivity contribution in [3.63, 3.8) is 0 Å². The van der Waals surface area contributed by atoms with Crippen molar-refractivity contribution in [3.8, 4) is 67.3 Å². The Morgan fingerprint density at radius 1 is 0.368 bits per heavy atom. The first kappa shape index (κ1) is 33.4. The molecule has 11 rings (SSSR count). The molecule has 10 aromatic rings. The van der Waals surface area contributed by atoms with Crippen LogP contribution in [0.15, 0.2) is 200 Å². The van der Waals surface area contributed by atoms with E-state index >= 15 is 0 Å². The highest BCUT2D eigenvalue weighted by molar-refractivity contribution is 7.25. The molecule has 1 unspecified atom stereocenters. The zero-order valence-corrected chi connectivity index (χ0v) is 32.2. The first-order valence-corrected chi connectivity index (χ1v) is 20.3. The van der Waals surface area contributed by atoms with Gasteiger partial charge in [-0.15, -0.1) is 11.3 Å². The van der Waals surface area contributed by atoms with E-state index in [0.29, 0.717) is 5.82 Å². The fourth-order valence-corrected chi connectivity index (χ4v) is 9.98. The highest BCUT2D eigenvalue weighted by atomic mass is 32.1. The van der Waals surface area contributed by atoms with Crippen LogP contribution in [0, 0.1) is 0 Å². The van der Waals surface area contributed by atoms with Gasteiger partial charge in [0.05, 0.1) is 11.4 Å². The van der Waals surface area contributed by atoms with Crippen LogP contribution in [0.5, 0.6) is 0 Å². The van der Waals surface area contributed by atoms with Crippen LogP contribution in [-0.4, -0.2) is 9.97 Å². The van der Waals surface area contributed by atoms with E-state index in [1.807, 2.05) is 29.5 Å². The molecular weight excluding hydrogens is 709 g/mol. The summed E-state index contributed by atoms with van der Waals surface area (Å²) in [7, 11) is 0. The summed E-state index contributed by atoms with van der Waals surface area (Å²) in [5.74, 6) is 0.712. The topological polar surface area (TPSA) is 25.8 Å². The molecule has 0 saturated heterocycles. The molecule has 1 aliphatic carbocycles. The number of fused-ring (bicyclic) bond motifs is 6. The van der Waals surface area contributed by atoms with E-state index in [9.17, 15) is 0 Å². The van der Waals surface area contributed by atoms with E-state index in [-0.39, 0.29) is 5.41 Å². The monoisotopic (exact) mass is 744 g/mol. The number of nitrogens with zero attached hydrogens (tertiary/aromatic N) is 2. The molecule has 0 amide bonds. The van der Waals surface area contributed by atoms with E-state index in [0.717, 1.165) is 28.1 Å². The zero-order valence-electron chi connectivity index (χ0n) is 31.4. The molecule has 0 N–H and O–H groups in total. The molecule has 0 bridgehead atoms. The summed E-state index contributed by atoms with van der Waals surface area (Å²) >= 11 is 1.86. The van der Waals surface area contributed by atoms with Gasteiger partial charge in [0.25, 0.3) is 0 Å². The molecule has 268 valence electrons. The number of rotatable bonds is 6. The Morgan fingerprint density at radius 3 is 1.72 bits per heavy atom. The minimum atomic E-state index is -0.295. The van der Waals surface area contributed by atoms with Gasteiger partial charge in [-0.25, -0.2) is 9.97 Å². The largest absolute Gasteiger partial charge is 0.228 e. The van der Waals surface area contributed by atoms with E-state index in [4.69, 9.17) is 9.97 Å². The van der Waals surface area contributed by atoms with E-state index in [1.54, 1.807) is 0 Å². The number of thiophene rings is 1. The van der Waals surface area contributed by atoms with E-state index in [2.05, 4.69) is 189 Å². The summed E-state index contributed by atoms with van der Waals surface area (Å²) in [6, 6.07) is 72.2. The first-order valence-electron chi connectivity index (χ1n) is 19.5. The highest BCUT2D eigenvalue weighted by Crippen LogP contribution is 2.53. The second-order valence-electron chi connectivity index (χ2n) is 15.1. The van der Waals surface area contributed by atoms with Gasteiger partial charge in [0.15, 0.2) is 5.82 Å². The summed E-state index contributed by atoms with van der Waals surface area (Å²) in [4.78, 5) is 10.4. The molecule has 1 atom stereocenters. The number of aromatic nitrogens is 2. The van der Waals surface area contributed by atoms with Gasteiger partial charge in [0.2, 0.25) is 0 Å². The SMILES string of the molecule is CC1(c2ccccc2)c2ccccc2-c2ccc(-c3cc(-c4ccc(-c5ccccc5-c5ccc6sc7ccccc7c6c5)cc4)nc(-c4ccccc4)n3)cc21. The maximum Gasteiger partial charge on any atom is 0.160 e. The highest BCUT2D eigenvalue weighted by Gasteiger charge is 2.40. The van der Waals surface area contributed by atoms with Gasteiger partial charge in [0.1, 0.15) is 0 Å². The van der Waals surface area contributed by atoms with Crippen LogP contribution in [0.2, 0.25) is 0 Å². The lowest BCUT2D eigenvalue weighted by Gasteiger charge is -2.28. The Bertz CT molecular complexity index is 3130. The quantitative estimate of drug-likeness (QED) is 0.169. The second kappa shape index (κ2) is 13.4. The van der Waals surface area contributed by atoms with Crippen molar-refractivity contribution in [3.05, 3.63) is 217 Å². The fourth-order valence-electron chi connectivity index (χ4n) is 8.89. The predicted molar refractivity (Wildman–Crippen MR) is 240 cm³/mol. The fraction of sp³-hybridized carbons (Fsp3) is 0.0370. The van der Waals surface area contributed by atoms with Gasteiger partial charge in [-0.2, -0.15) is 0 Å². The number of hydrogen-bond acceptors (Lipinski definition) is 3. The zero-order chi connectivity index (χ0) is 37.9. The number of hydrogen-bond donors (Lipinski definition) is 0. The molecular formula is C54H36N2S. The van der Waals surface area contributed by atoms with Gasteiger partial charge in [0, 0.05) is 42.3 Å². The molecule has 57 heavy (non-hydrogen) atoms. The van der Waals surface area contributed by atoms with E-state index < -0.39 is 0 Å². The van der Waals surface area contributed by atoms with Gasteiger partial charge < -0.3 is 0 Å². The summed E-state index contributed by atoms with van der Waals surface area (Å²) in [6.45, 7) is 2.36. The van der Waals surface area contributed by atoms with Crippen molar-refractivity contribution >= 4 is 31.5 Å². The van der Waals surface area contributed by atoms with Crippen molar-refractivity contribution < 1.29 is 0 Å². The Morgan fingerprint density at radius 2 is 0.930 bits per heavy atom. The Kier molecular flexibility index (Phi) is 7.84. The van der Waals surface area contributed by atoms with Crippen LogP contribution >= 0.6 is 11.3 Å². The van der Waals surface area contributed by atoms with Gasteiger partial charge in [-0.3, -0.25) is 0 Å². The third-order valence-corrected chi connectivity index (χ3v) is 13.0. The van der Waals surface area contributed by atoms with Crippen LogP contribution in [0.4, 0.5) is 0 Å². The van der Waals surface area contributed by atoms with Crippen LogP contribution in [0.3, 0.4) is 0 Å². The van der Waals surface area contributed by atoms with Gasteiger partial charge in [-0.05, 0) is 87.3 Å². The molecule has 0 aliphatic heterocycles. The lowest BCUT2D eigenvalue weighted by atomic mass is 9.74. The van der Waals surface area contributed by atoms with Crippen molar-refractivity contribution in [1.29, 1.82) is 0 Å². The Labute approximate surface area is 336 Å². The molecule has 0 spiro atoms. The summed E-state index contributed by atoms with van der Waals surface area (Å²) in [5.41, 5.74) is 15.9. The van der Waals surface area contributed by atoms with E-state index in [1.165, 1.54) is 70.2 Å². The standard InChI is InChI=1S/C54H36N2S/c1-54(40-16-6-3-7-17-40)47-22-12-10-20-43(47)44-30-28-39(33-48(44)54)50-34-49(55-53(56-50)37-14-4-2-5-15-37)36-26-24-35(25-27-36)41-18-8-9-19-42(41)38-29-31-52-46(32-38)45-21-11-13-23-51(45)57-52/h2-34H,1H3. The summed E-state index contributed by atoms with van der Waals surface area (Å²) < 4.78 is 2.64. The predicted octanol–water partition coefficient (Wildman–Crippen LogP) is 14.5. The third-order valence-electron chi connectivity index (χ3n) is 11.8. The summed E-state index contributed by atoms with van der Waals surface area (Å²) in [5, 5.41) is 2.63. The molecule has 2 aromatic heterocycles. The lowest BCUT2D eigenvalue weighted by Crippen LogP contribution is -2.22. The normalized spacial score (nSPS) is 14.5. The molecule has 2 nitrogen and oxygen atoms in total. The maximum absolute atomic E-state index is 5.23. The minimum absolute atomic E-state index is 0.295. The van der Waals surface area contributed by atoms with Crippen molar-refractivity contribution in [2.24, 2.45) is 0 Å². The van der Waals surface area contributed by atoms with Crippen molar-refractivity contribution in [2.75, 3.05) is 0 Å². The third kappa shape index (κ3) is 5.54. The van der Waals surface area contributed by atoms with Gasteiger partial charge in [-0.1, -0.05) is 170 Å².